The number of hydrogen-bond donors (Lipinski definition) is 2. The molecule has 2 N–H and O–H groups in total. The van der Waals surface area contributed by atoms with Crippen molar-refractivity contribution in [1.82, 2.24) is 10.3 Å². The maximum absolute atomic E-state index is 5.89. The molecule has 4 nitrogen and oxygen atoms in total. The molecular formula is C18H25N3OS. The molecule has 0 aliphatic carbocycles. The first kappa shape index (κ1) is 17.5. The molecule has 0 atom stereocenters. The number of oxazole rings is 1. The minimum absolute atomic E-state index is 0.0531. The van der Waals surface area contributed by atoms with Crippen LogP contribution >= 0.6 is 12.2 Å². The SMILES string of the molecule is Cc1nc(C(C)(C)C)oc1CCCNC(=S)Nc1ccccc1. The summed E-state index contributed by atoms with van der Waals surface area (Å²) in [4.78, 5) is 4.53. The predicted octanol–water partition coefficient (Wildman–Crippen LogP) is 4.20. The summed E-state index contributed by atoms with van der Waals surface area (Å²) in [5.74, 6) is 1.78. The van der Waals surface area contributed by atoms with Crippen LogP contribution in [0.5, 0.6) is 0 Å². The monoisotopic (exact) mass is 331 g/mol. The zero-order valence-electron chi connectivity index (χ0n) is 14.3. The highest BCUT2D eigenvalue weighted by molar-refractivity contribution is 7.80. The van der Waals surface area contributed by atoms with Gasteiger partial charge in [0.25, 0.3) is 0 Å². The number of aryl methyl sites for hydroxylation is 2. The van der Waals surface area contributed by atoms with E-state index >= 15 is 0 Å². The van der Waals surface area contributed by atoms with E-state index in [1.807, 2.05) is 37.3 Å². The lowest BCUT2D eigenvalue weighted by atomic mass is 9.97. The standard InChI is InChI=1S/C18H25N3OS/c1-13-15(22-16(20-13)18(2,3)4)11-8-12-19-17(23)21-14-9-6-5-7-10-14/h5-7,9-10H,8,11-12H2,1-4H3,(H2,19,21,23). The van der Waals surface area contributed by atoms with Gasteiger partial charge in [-0.3, -0.25) is 0 Å². The lowest BCUT2D eigenvalue weighted by Gasteiger charge is -2.12. The van der Waals surface area contributed by atoms with Crippen molar-refractivity contribution in [3.8, 4) is 0 Å². The van der Waals surface area contributed by atoms with Crippen LogP contribution in [0.1, 0.15) is 44.5 Å². The van der Waals surface area contributed by atoms with Crippen LogP contribution < -0.4 is 10.6 Å². The number of anilines is 1. The Kier molecular flexibility index (Phi) is 5.77. The van der Waals surface area contributed by atoms with Gasteiger partial charge in [0.2, 0.25) is 0 Å². The van der Waals surface area contributed by atoms with Crippen molar-refractivity contribution in [3.63, 3.8) is 0 Å². The molecule has 0 unspecified atom stereocenters. The minimum Gasteiger partial charge on any atom is -0.445 e. The molecule has 0 aliphatic rings. The van der Waals surface area contributed by atoms with Crippen molar-refractivity contribution in [1.29, 1.82) is 0 Å². The summed E-state index contributed by atoms with van der Waals surface area (Å²) in [5.41, 5.74) is 1.92. The van der Waals surface area contributed by atoms with Crippen LogP contribution in [0.2, 0.25) is 0 Å². The minimum atomic E-state index is -0.0531. The molecule has 0 spiro atoms. The quantitative estimate of drug-likeness (QED) is 0.635. The summed E-state index contributed by atoms with van der Waals surface area (Å²) in [6.45, 7) is 9.12. The van der Waals surface area contributed by atoms with Crippen LogP contribution in [0.4, 0.5) is 5.69 Å². The number of thiocarbonyl (C=S) groups is 1. The van der Waals surface area contributed by atoms with E-state index in [2.05, 4.69) is 36.4 Å². The van der Waals surface area contributed by atoms with Crippen LogP contribution in [0.3, 0.4) is 0 Å². The van der Waals surface area contributed by atoms with Crippen LogP contribution in [-0.4, -0.2) is 16.6 Å². The molecule has 124 valence electrons. The molecule has 1 aromatic heterocycles. The van der Waals surface area contributed by atoms with Crippen molar-refractivity contribution in [2.24, 2.45) is 0 Å². The Balaban J connectivity index is 1.75. The van der Waals surface area contributed by atoms with Crippen LogP contribution in [0.25, 0.3) is 0 Å². The Morgan fingerprint density at radius 2 is 1.91 bits per heavy atom. The van der Waals surface area contributed by atoms with Gasteiger partial charge >= 0.3 is 0 Å². The zero-order valence-corrected chi connectivity index (χ0v) is 15.1. The topological polar surface area (TPSA) is 50.1 Å². The van der Waals surface area contributed by atoms with E-state index in [9.17, 15) is 0 Å². The first-order valence-electron chi connectivity index (χ1n) is 7.93. The fourth-order valence-corrected chi connectivity index (χ4v) is 2.35. The third kappa shape index (κ3) is 5.36. The number of para-hydroxylation sites is 1. The molecule has 0 bridgehead atoms. The molecule has 2 aromatic rings. The summed E-state index contributed by atoms with van der Waals surface area (Å²) in [6.07, 6.45) is 1.80. The fraction of sp³-hybridized carbons (Fsp3) is 0.444. The number of benzene rings is 1. The smallest absolute Gasteiger partial charge is 0.199 e. The molecule has 23 heavy (non-hydrogen) atoms. The van der Waals surface area contributed by atoms with Crippen molar-refractivity contribution in [2.45, 2.75) is 46.0 Å². The number of hydrogen-bond acceptors (Lipinski definition) is 3. The lowest BCUT2D eigenvalue weighted by molar-refractivity contribution is 0.370. The molecule has 0 fully saturated rings. The van der Waals surface area contributed by atoms with E-state index < -0.39 is 0 Å². The second-order valence-corrected chi connectivity index (χ2v) is 7.04. The van der Waals surface area contributed by atoms with E-state index in [0.29, 0.717) is 5.11 Å². The van der Waals surface area contributed by atoms with Gasteiger partial charge in [0.15, 0.2) is 11.0 Å². The van der Waals surface area contributed by atoms with Crippen molar-refractivity contribution < 1.29 is 4.42 Å². The third-order valence-electron chi connectivity index (χ3n) is 3.43. The lowest BCUT2D eigenvalue weighted by Crippen LogP contribution is -2.29. The molecule has 5 heteroatoms. The van der Waals surface area contributed by atoms with Crippen molar-refractivity contribution in [3.05, 3.63) is 47.7 Å². The number of nitrogens with zero attached hydrogens (tertiary/aromatic N) is 1. The molecule has 0 aliphatic heterocycles. The van der Waals surface area contributed by atoms with Crippen LogP contribution in [0, 0.1) is 6.92 Å². The van der Waals surface area contributed by atoms with E-state index in [-0.39, 0.29) is 5.41 Å². The van der Waals surface area contributed by atoms with Gasteiger partial charge in [0.05, 0.1) is 5.69 Å². The largest absolute Gasteiger partial charge is 0.445 e. The molecule has 0 saturated heterocycles. The average molecular weight is 331 g/mol. The maximum Gasteiger partial charge on any atom is 0.199 e. The Morgan fingerprint density at radius 3 is 2.52 bits per heavy atom. The Bertz CT molecular complexity index is 644. The molecule has 1 aromatic carbocycles. The Labute approximate surface area is 143 Å². The highest BCUT2D eigenvalue weighted by Gasteiger charge is 2.21. The molecule has 2 rings (SSSR count). The zero-order chi connectivity index (χ0) is 16.9. The molecule has 1 heterocycles. The number of aromatic nitrogens is 1. The van der Waals surface area contributed by atoms with Gasteiger partial charge in [-0.2, -0.15) is 0 Å². The highest BCUT2D eigenvalue weighted by atomic mass is 32.1. The van der Waals surface area contributed by atoms with Gasteiger partial charge in [0.1, 0.15) is 5.76 Å². The molecule has 0 amide bonds. The average Bonchev–Trinajstić information content (AvgIpc) is 2.86. The predicted molar refractivity (Wildman–Crippen MR) is 98.9 cm³/mol. The van der Waals surface area contributed by atoms with Gasteiger partial charge in [-0.25, -0.2) is 4.98 Å². The summed E-state index contributed by atoms with van der Waals surface area (Å²) >= 11 is 5.29. The molecule has 0 saturated carbocycles. The summed E-state index contributed by atoms with van der Waals surface area (Å²) in [7, 11) is 0. The summed E-state index contributed by atoms with van der Waals surface area (Å²) < 4.78 is 5.89. The van der Waals surface area contributed by atoms with E-state index in [4.69, 9.17) is 16.6 Å². The van der Waals surface area contributed by atoms with Crippen LogP contribution in [0.15, 0.2) is 34.7 Å². The first-order valence-corrected chi connectivity index (χ1v) is 8.34. The second kappa shape index (κ2) is 7.59. The van der Waals surface area contributed by atoms with Gasteiger partial charge in [0, 0.05) is 24.1 Å². The summed E-state index contributed by atoms with van der Waals surface area (Å²) in [5, 5.41) is 7.02. The first-order chi connectivity index (χ1) is 10.9. The van der Waals surface area contributed by atoms with Gasteiger partial charge in [-0.05, 0) is 37.7 Å². The Hall–Kier alpha value is -1.88. The normalized spacial score (nSPS) is 11.3. The Morgan fingerprint density at radius 1 is 1.22 bits per heavy atom. The number of rotatable bonds is 5. The van der Waals surface area contributed by atoms with Gasteiger partial charge < -0.3 is 15.1 Å². The summed E-state index contributed by atoms with van der Waals surface area (Å²) in [6, 6.07) is 9.90. The molecular weight excluding hydrogens is 306 g/mol. The fourth-order valence-electron chi connectivity index (χ4n) is 2.13. The van der Waals surface area contributed by atoms with Gasteiger partial charge in [-0.15, -0.1) is 0 Å². The van der Waals surface area contributed by atoms with E-state index in [0.717, 1.165) is 42.4 Å². The molecule has 0 radical (unpaired) electrons. The maximum atomic E-state index is 5.89. The number of nitrogens with one attached hydrogen (secondary N) is 2. The second-order valence-electron chi connectivity index (χ2n) is 6.63. The van der Waals surface area contributed by atoms with E-state index in [1.165, 1.54) is 0 Å². The highest BCUT2D eigenvalue weighted by Crippen LogP contribution is 2.24. The van der Waals surface area contributed by atoms with E-state index in [1.54, 1.807) is 0 Å². The van der Waals surface area contributed by atoms with Crippen molar-refractivity contribution >= 4 is 23.0 Å². The van der Waals surface area contributed by atoms with Crippen LogP contribution in [-0.2, 0) is 11.8 Å². The third-order valence-corrected chi connectivity index (χ3v) is 3.68. The van der Waals surface area contributed by atoms with Crippen molar-refractivity contribution in [2.75, 3.05) is 11.9 Å². The van der Waals surface area contributed by atoms with Gasteiger partial charge in [-0.1, -0.05) is 39.0 Å².